The van der Waals surface area contributed by atoms with Gasteiger partial charge in [-0.15, -0.1) is 0 Å². The summed E-state index contributed by atoms with van der Waals surface area (Å²) in [5.74, 6) is 0. The SMILES string of the molecule is CCOP(=O)(O)C(Cl)(Cl)P(=O)(O)OC. The molecule has 2 unspecified atom stereocenters. The largest absolute Gasteiger partial charge is 0.376 e. The molecule has 14 heavy (non-hydrogen) atoms. The highest BCUT2D eigenvalue weighted by Gasteiger charge is 2.61. The van der Waals surface area contributed by atoms with Gasteiger partial charge in [0.2, 0.25) is 0 Å². The molecule has 0 saturated heterocycles. The Morgan fingerprint density at radius 2 is 1.71 bits per heavy atom. The van der Waals surface area contributed by atoms with Crippen molar-refractivity contribution in [3.8, 4) is 0 Å². The molecule has 0 aliphatic carbocycles. The maximum absolute atomic E-state index is 11.3. The molecule has 0 aliphatic rings. The summed E-state index contributed by atoms with van der Waals surface area (Å²) in [7, 11) is -8.44. The second-order valence-corrected chi connectivity index (χ2v) is 8.93. The first-order chi connectivity index (χ1) is 6.12. The molecule has 0 spiro atoms. The molecule has 0 aromatic rings. The van der Waals surface area contributed by atoms with E-state index in [4.69, 9.17) is 33.0 Å². The van der Waals surface area contributed by atoms with Gasteiger partial charge < -0.3 is 18.8 Å². The highest BCUT2D eigenvalue weighted by molar-refractivity contribution is 7.79. The van der Waals surface area contributed by atoms with Crippen LogP contribution in [0, 0.1) is 0 Å². The Bertz CT molecular complexity index is 292. The summed E-state index contributed by atoms with van der Waals surface area (Å²) in [5, 5.41) is 0. The Morgan fingerprint density at radius 3 is 2.00 bits per heavy atom. The van der Waals surface area contributed by atoms with Gasteiger partial charge in [-0.05, 0) is 6.92 Å². The number of halogens is 2. The average molecular weight is 287 g/mol. The minimum Gasteiger partial charge on any atom is -0.322 e. The van der Waals surface area contributed by atoms with Crippen molar-refractivity contribution in [3.63, 3.8) is 0 Å². The van der Waals surface area contributed by atoms with Crippen molar-refractivity contribution in [2.75, 3.05) is 13.7 Å². The summed E-state index contributed by atoms with van der Waals surface area (Å²) >= 11 is 10.6. The lowest BCUT2D eigenvalue weighted by Gasteiger charge is -2.26. The monoisotopic (exact) mass is 286 g/mol. The van der Waals surface area contributed by atoms with Crippen LogP contribution in [-0.2, 0) is 18.2 Å². The Hall–Kier alpha value is 0.880. The molecule has 0 aromatic heterocycles. The molecular weight excluding hydrogens is 277 g/mol. The zero-order valence-corrected chi connectivity index (χ0v) is 10.7. The van der Waals surface area contributed by atoms with E-state index in [0.717, 1.165) is 7.11 Å². The van der Waals surface area contributed by atoms with Crippen LogP contribution < -0.4 is 0 Å². The quantitative estimate of drug-likeness (QED) is 0.594. The van der Waals surface area contributed by atoms with E-state index in [9.17, 15) is 9.13 Å². The fraction of sp³-hybridized carbons (Fsp3) is 1.00. The highest BCUT2D eigenvalue weighted by atomic mass is 35.5. The number of hydrogen-bond donors (Lipinski definition) is 2. The molecule has 0 rings (SSSR count). The van der Waals surface area contributed by atoms with E-state index in [1.165, 1.54) is 6.92 Å². The van der Waals surface area contributed by atoms with Crippen molar-refractivity contribution in [2.24, 2.45) is 0 Å². The summed E-state index contributed by atoms with van der Waals surface area (Å²) in [6.45, 7) is 1.22. The normalized spacial score (nSPS) is 21.3. The summed E-state index contributed by atoms with van der Waals surface area (Å²) in [6, 6.07) is 0. The zero-order chi connectivity index (χ0) is 11.6. The second kappa shape index (κ2) is 4.81. The van der Waals surface area contributed by atoms with Crippen molar-refractivity contribution < 1.29 is 28.0 Å². The van der Waals surface area contributed by atoms with Gasteiger partial charge in [0.1, 0.15) is 0 Å². The minimum atomic E-state index is -4.64. The predicted molar refractivity (Wildman–Crippen MR) is 52.7 cm³/mol. The van der Waals surface area contributed by atoms with Gasteiger partial charge in [-0.25, -0.2) is 0 Å². The third-order valence-electron chi connectivity index (χ3n) is 1.23. The summed E-state index contributed by atoms with van der Waals surface area (Å²) in [4.78, 5) is 18.2. The summed E-state index contributed by atoms with van der Waals surface area (Å²) in [6.07, 6.45) is 0. The number of alkyl halides is 2. The average Bonchev–Trinajstić information content (AvgIpc) is 2.03. The van der Waals surface area contributed by atoms with Crippen LogP contribution in [0.25, 0.3) is 0 Å². The molecule has 10 heteroatoms. The van der Waals surface area contributed by atoms with E-state index >= 15 is 0 Å². The van der Waals surface area contributed by atoms with Crippen LogP contribution in [0.15, 0.2) is 0 Å². The number of rotatable bonds is 5. The molecule has 6 nitrogen and oxygen atoms in total. The van der Waals surface area contributed by atoms with Crippen molar-refractivity contribution in [3.05, 3.63) is 0 Å². The molecule has 86 valence electrons. The lowest BCUT2D eigenvalue weighted by Crippen LogP contribution is -2.16. The van der Waals surface area contributed by atoms with Crippen LogP contribution in [-0.4, -0.2) is 27.3 Å². The smallest absolute Gasteiger partial charge is 0.322 e. The van der Waals surface area contributed by atoms with Gasteiger partial charge in [-0.3, -0.25) is 9.13 Å². The van der Waals surface area contributed by atoms with Crippen LogP contribution in [0.2, 0.25) is 0 Å². The zero-order valence-electron chi connectivity index (χ0n) is 7.38. The number of hydrogen-bond acceptors (Lipinski definition) is 4. The fourth-order valence-corrected chi connectivity index (χ4v) is 3.65. The van der Waals surface area contributed by atoms with Gasteiger partial charge >= 0.3 is 19.0 Å². The second-order valence-electron chi connectivity index (χ2n) is 2.15. The van der Waals surface area contributed by atoms with Crippen molar-refractivity contribution in [1.82, 2.24) is 0 Å². The molecule has 0 aliphatic heterocycles. The molecule has 0 saturated carbocycles. The van der Waals surface area contributed by atoms with Gasteiger partial charge in [0.05, 0.1) is 6.61 Å². The van der Waals surface area contributed by atoms with Gasteiger partial charge in [-0.1, -0.05) is 23.2 Å². The van der Waals surface area contributed by atoms with E-state index in [2.05, 4.69) is 9.05 Å². The van der Waals surface area contributed by atoms with Gasteiger partial charge in [0.15, 0.2) is 0 Å². The van der Waals surface area contributed by atoms with Gasteiger partial charge in [0, 0.05) is 7.11 Å². The van der Waals surface area contributed by atoms with Crippen molar-refractivity contribution >= 4 is 38.4 Å². The topological polar surface area (TPSA) is 93.1 Å². The van der Waals surface area contributed by atoms with Crippen LogP contribution >= 0.6 is 38.4 Å². The third kappa shape index (κ3) is 2.71. The van der Waals surface area contributed by atoms with E-state index in [-0.39, 0.29) is 6.61 Å². The van der Waals surface area contributed by atoms with Crippen molar-refractivity contribution in [2.45, 2.75) is 10.7 Å². The van der Waals surface area contributed by atoms with Crippen molar-refractivity contribution in [1.29, 1.82) is 0 Å². The molecule has 0 heterocycles. The van der Waals surface area contributed by atoms with Crippen LogP contribution in [0.4, 0.5) is 0 Å². The minimum absolute atomic E-state index is 0.182. The Morgan fingerprint density at radius 1 is 1.29 bits per heavy atom. The summed E-state index contributed by atoms with van der Waals surface area (Å²) < 4.78 is 28.0. The molecule has 2 N–H and O–H groups in total. The fourth-order valence-electron chi connectivity index (χ4n) is 0.522. The highest BCUT2D eigenvalue weighted by Crippen LogP contribution is 2.77. The van der Waals surface area contributed by atoms with Crippen LogP contribution in [0.1, 0.15) is 6.92 Å². The van der Waals surface area contributed by atoms with E-state index in [1.54, 1.807) is 0 Å². The molecule has 0 radical (unpaired) electrons. The van der Waals surface area contributed by atoms with Crippen LogP contribution in [0.5, 0.6) is 0 Å². The van der Waals surface area contributed by atoms with Crippen LogP contribution in [0.3, 0.4) is 0 Å². The summed E-state index contributed by atoms with van der Waals surface area (Å²) in [5.41, 5.74) is 0. The molecular formula is C4H10Cl2O6P2. The molecule has 0 bridgehead atoms. The maximum atomic E-state index is 11.3. The van der Waals surface area contributed by atoms with Gasteiger partial charge in [0.25, 0.3) is 0 Å². The molecule has 2 atom stereocenters. The first-order valence-electron chi connectivity index (χ1n) is 3.36. The lowest BCUT2D eigenvalue weighted by atomic mass is 10.9. The predicted octanol–water partition coefficient (Wildman–Crippen LogP) is 2.13. The Balaban J connectivity index is 5.14. The lowest BCUT2D eigenvalue weighted by molar-refractivity contribution is 0.263. The van der Waals surface area contributed by atoms with E-state index in [1.807, 2.05) is 0 Å². The Labute approximate surface area is 91.2 Å². The first kappa shape index (κ1) is 14.9. The third-order valence-corrected chi connectivity index (χ3v) is 7.77. The first-order valence-corrected chi connectivity index (χ1v) is 7.27. The standard InChI is InChI=1S/C4H10Cl2O6P2/c1-3-12-14(9,10)4(5,6)13(7,8)11-2/h3H2,1-2H3,(H,7,8)(H,9,10). The molecule has 0 amide bonds. The molecule has 0 fully saturated rings. The Kier molecular flexibility index (Phi) is 5.11. The molecule has 0 aromatic carbocycles. The maximum Gasteiger partial charge on any atom is 0.376 e. The van der Waals surface area contributed by atoms with E-state index in [0.29, 0.717) is 0 Å². The van der Waals surface area contributed by atoms with E-state index < -0.39 is 19.0 Å². The van der Waals surface area contributed by atoms with Gasteiger partial charge in [-0.2, -0.15) is 0 Å².